The van der Waals surface area contributed by atoms with Gasteiger partial charge in [0.2, 0.25) is 11.0 Å². The number of alkyl halides is 1. The van der Waals surface area contributed by atoms with Gasteiger partial charge in [-0.15, -0.1) is 26.9 Å². The number of hydrogen-bond acceptors (Lipinski definition) is 10. The lowest BCUT2D eigenvalue weighted by Gasteiger charge is -2.23. The van der Waals surface area contributed by atoms with E-state index >= 15 is 0 Å². The molecule has 0 radical (unpaired) electrons. The molecule has 1 unspecified atom stereocenters. The summed E-state index contributed by atoms with van der Waals surface area (Å²) in [7, 11) is 0. The molecule has 1 atom stereocenters. The van der Waals surface area contributed by atoms with Crippen LogP contribution in [0, 0.1) is 5.41 Å². The van der Waals surface area contributed by atoms with E-state index in [0.29, 0.717) is 22.2 Å². The van der Waals surface area contributed by atoms with E-state index in [4.69, 9.17) is 26.8 Å². The minimum Gasteiger partial charge on any atom is -0.476 e. The van der Waals surface area contributed by atoms with Crippen molar-refractivity contribution in [1.82, 2.24) is 24.8 Å². The van der Waals surface area contributed by atoms with Gasteiger partial charge in [-0.2, -0.15) is 4.52 Å². The fourth-order valence-corrected chi connectivity index (χ4v) is 4.37. The van der Waals surface area contributed by atoms with E-state index in [2.05, 4.69) is 20.3 Å². The van der Waals surface area contributed by atoms with Crippen LogP contribution in [-0.2, 0) is 0 Å². The monoisotopic (exact) mass is 480 g/mol. The van der Waals surface area contributed by atoms with Crippen LogP contribution < -0.4 is 15.2 Å². The Morgan fingerprint density at radius 1 is 1.35 bits per heavy atom. The van der Waals surface area contributed by atoms with Crippen molar-refractivity contribution >= 4 is 56.7 Å². The number of carbonyl (C=O) groups excluding carboxylic acids is 1. The van der Waals surface area contributed by atoms with Crippen molar-refractivity contribution in [3.8, 4) is 11.1 Å². The van der Waals surface area contributed by atoms with Crippen LogP contribution in [0.3, 0.4) is 0 Å². The number of amides is 1. The molecule has 31 heavy (non-hydrogen) atoms. The highest BCUT2D eigenvalue weighted by molar-refractivity contribution is 7.99. The zero-order chi connectivity index (χ0) is 22.0. The van der Waals surface area contributed by atoms with Gasteiger partial charge in [0.1, 0.15) is 0 Å². The van der Waals surface area contributed by atoms with Gasteiger partial charge in [0.15, 0.2) is 5.65 Å². The number of aliphatic hydroxyl groups is 1. The van der Waals surface area contributed by atoms with Crippen LogP contribution in [0.1, 0.15) is 6.92 Å². The number of hydrogen-bond donors (Lipinski definition) is 2. The SMILES string of the molecule is CC(CO)(CCl)COc1ccc2nnc(Sc3ccc4nc(OC(N)=O)sc4c3)n2n1. The van der Waals surface area contributed by atoms with Crippen molar-refractivity contribution in [2.75, 3.05) is 19.1 Å². The molecule has 0 aliphatic rings. The minimum atomic E-state index is -0.905. The van der Waals surface area contributed by atoms with Crippen molar-refractivity contribution in [1.29, 1.82) is 0 Å². The standard InChI is InChI=1S/C18H17ClN6O4S2/c1-18(7-19,8-26)9-28-14-5-4-13-22-23-16(25(13)24-14)30-10-2-3-11-12(6-10)31-17(21-11)29-15(20)27/h2-6,26H,7-9H2,1H3,(H2,20,27). The van der Waals surface area contributed by atoms with Gasteiger partial charge in [0.25, 0.3) is 5.19 Å². The van der Waals surface area contributed by atoms with E-state index in [-0.39, 0.29) is 24.3 Å². The molecule has 10 nitrogen and oxygen atoms in total. The molecule has 4 aromatic rings. The van der Waals surface area contributed by atoms with Crippen LogP contribution in [0.25, 0.3) is 15.9 Å². The molecule has 1 amide bonds. The molecule has 0 aliphatic heterocycles. The first-order chi connectivity index (χ1) is 14.9. The number of rotatable bonds is 8. The van der Waals surface area contributed by atoms with Crippen molar-refractivity contribution in [2.45, 2.75) is 17.0 Å². The van der Waals surface area contributed by atoms with E-state index < -0.39 is 11.5 Å². The molecular weight excluding hydrogens is 464 g/mol. The normalized spacial score (nSPS) is 13.4. The lowest BCUT2D eigenvalue weighted by molar-refractivity contribution is 0.0971. The molecule has 13 heteroatoms. The van der Waals surface area contributed by atoms with E-state index in [0.717, 1.165) is 9.60 Å². The number of aliphatic hydroxyl groups excluding tert-OH is 1. The summed E-state index contributed by atoms with van der Waals surface area (Å²) in [6.45, 7) is 1.95. The van der Waals surface area contributed by atoms with Crippen LogP contribution in [0.5, 0.6) is 11.1 Å². The van der Waals surface area contributed by atoms with Gasteiger partial charge in [-0.3, -0.25) is 0 Å². The van der Waals surface area contributed by atoms with Gasteiger partial charge in [0.05, 0.1) is 23.4 Å². The number of halogens is 1. The van der Waals surface area contributed by atoms with Crippen LogP contribution in [0.15, 0.2) is 40.4 Å². The summed E-state index contributed by atoms with van der Waals surface area (Å²) in [5, 5.41) is 23.0. The number of thiazole rings is 1. The first-order valence-corrected chi connectivity index (χ1v) is 11.1. The molecule has 0 fully saturated rings. The number of carbonyl (C=O) groups is 1. The third-order valence-electron chi connectivity index (χ3n) is 4.22. The highest BCUT2D eigenvalue weighted by Crippen LogP contribution is 2.34. The van der Waals surface area contributed by atoms with E-state index in [1.807, 2.05) is 25.1 Å². The van der Waals surface area contributed by atoms with E-state index in [9.17, 15) is 9.90 Å². The smallest absolute Gasteiger partial charge is 0.411 e. The molecule has 3 N–H and O–H groups in total. The molecule has 4 rings (SSSR count). The Hall–Kier alpha value is -2.67. The molecule has 0 saturated heterocycles. The number of fused-ring (bicyclic) bond motifs is 2. The minimum absolute atomic E-state index is 0.0985. The maximum Gasteiger partial charge on any atom is 0.411 e. The van der Waals surface area contributed by atoms with Crippen molar-refractivity contribution in [2.24, 2.45) is 11.1 Å². The number of primary amides is 1. The fourth-order valence-electron chi connectivity index (χ4n) is 2.45. The first-order valence-electron chi connectivity index (χ1n) is 8.97. The van der Waals surface area contributed by atoms with Crippen LogP contribution in [-0.4, -0.2) is 55.1 Å². The third kappa shape index (κ3) is 4.82. The summed E-state index contributed by atoms with van der Waals surface area (Å²) in [5.41, 5.74) is 5.73. The van der Waals surface area contributed by atoms with Crippen molar-refractivity contribution in [3.63, 3.8) is 0 Å². The lowest BCUT2D eigenvalue weighted by atomic mass is 9.96. The van der Waals surface area contributed by atoms with E-state index in [1.165, 1.54) is 23.1 Å². The summed E-state index contributed by atoms with van der Waals surface area (Å²) in [6, 6.07) is 9.02. The Bertz CT molecular complexity index is 1240. The predicted octanol–water partition coefficient (Wildman–Crippen LogP) is 2.96. The van der Waals surface area contributed by atoms with Crippen molar-refractivity contribution in [3.05, 3.63) is 30.3 Å². The lowest BCUT2D eigenvalue weighted by Crippen LogP contribution is -2.31. The van der Waals surface area contributed by atoms with Gasteiger partial charge < -0.3 is 20.3 Å². The summed E-state index contributed by atoms with van der Waals surface area (Å²) >= 11 is 8.49. The second-order valence-electron chi connectivity index (χ2n) is 6.95. The second kappa shape index (κ2) is 8.83. The average Bonchev–Trinajstić information content (AvgIpc) is 3.34. The second-order valence-corrected chi connectivity index (χ2v) is 9.25. The van der Waals surface area contributed by atoms with Gasteiger partial charge in [0, 0.05) is 22.3 Å². The molecule has 162 valence electrons. The van der Waals surface area contributed by atoms with Gasteiger partial charge in [-0.1, -0.05) is 18.3 Å². The average molecular weight is 481 g/mol. The van der Waals surface area contributed by atoms with Gasteiger partial charge in [-0.25, -0.2) is 9.78 Å². The highest BCUT2D eigenvalue weighted by Gasteiger charge is 2.24. The number of ether oxygens (including phenoxy) is 2. The zero-order valence-corrected chi connectivity index (χ0v) is 18.6. The number of nitrogens with two attached hydrogens (primary N) is 1. The summed E-state index contributed by atoms with van der Waals surface area (Å²) in [5.74, 6) is 0.622. The molecule has 0 aliphatic carbocycles. The number of nitrogens with zero attached hydrogens (tertiary/aromatic N) is 5. The van der Waals surface area contributed by atoms with Crippen molar-refractivity contribution < 1.29 is 19.4 Å². The zero-order valence-electron chi connectivity index (χ0n) is 16.2. The Labute approximate surface area is 189 Å². The molecule has 0 spiro atoms. The maximum absolute atomic E-state index is 10.9. The topological polar surface area (TPSA) is 138 Å². The van der Waals surface area contributed by atoms with Crippen LogP contribution in [0.4, 0.5) is 4.79 Å². The number of benzene rings is 1. The molecule has 0 saturated carbocycles. The Balaban J connectivity index is 1.56. The van der Waals surface area contributed by atoms with Crippen LogP contribution >= 0.6 is 34.7 Å². The quantitative estimate of drug-likeness (QED) is 0.364. The number of aromatic nitrogens is 5. The van der Waals surface area contributed by atoms with E-state index in [1.54, 1.807) is 16.6 Å². The predicted molar refractivity (Wildman–Crippen MR) is 116 cm³/mol. The third-order valence-corrected chi connectivity index (χ3v) is 6.69. The molecule has 3 heterocycles. The Morgan fingerprint density at radius 2 is 2.19 bits per heavy atom. The fraction of sp³-hybridized carbons (Fsp3) is 0.278. The molecule has 1 aromatic carbocycles. The van der Waals surface area contributed by atoms with Gasteiger partial charge in [-0.05, 0) is 36.0 Å². The molecule has 0 bridgehead atoms. The summed E-state index contributed by atoms with van der Waals surface area (Å²) < 4.78 is 13.0. The van der Waals surface area contributed by atoms with Gasteiger partial charge >= 0.3 is 6.09 Å². The maximum atomic E-state index is 10.9. The Morgan fingerprint density at radius 3 is 2.94 bits per heavy atom. The molecular formula is C18H17ClN6O4S2. The summed E-state index contributed by atoms with van der Waals surface area (Å²) in [6.07, 6.45) is -0.905. The first kappa shape index (κ1) is 21.6. The highest BCUT2D eigenvalue weighted by atomic mass is 35.5. The summed E-state index contributed by atoms with van der Waals surface area (Å²) in [4.78, 5) is 16.0. The Kier molecular flexibility index (Phi) is 6.14. The molecule has 3 aromatic heterocycles. The van der Waals surface area contributed by atoms with Crippen LogP contribution in [0.2, 0.25) is 0 Å². The largest absolute Gasteiger partial charge is 0.476 e.